The molecule has 0 saturated carbocycles. The third kappa shape index (κ3) is 2.79. The van der Waals surface area contributed by atoms with Crippen LogP contribution in [-0.2, 0) is 13.1 Å². The van der Waals surface area contributed by atoms with E-state index in [1.807, 2.05) is 18.2 Å². The van der Waals surface area contributed by atoms with Crippen molar-refractivity contribution < 1.29 is 0 Å². The van der Waals surface area contributed by atoms with Crippen LogP contribution in [0.25, 0.3) is 5.65 Å². The van der Waals surface area contributed by atoms with Gasteiger partial charge in [0.05, 0.1) is 5.69 Å². The summed E-state index contributed by atoms with van der Waals surface area (Å²) in [4.78, 5) is 19.0. The Balaban J connectivity index is 1.73. The smallest absolute Gasteiger partial charge is 0.258 e. The summed E-state index contributed by atoms with van der Waals surface area (Å²) in [5, 5.41) is 3.32. The van der Waals surface area contributed by atoms with Crippen molar-refractivity contribution in [1.29, 1.82) is 0 Å². The Labute approximate surface area is 120 Å². The molecule has 0 aliphatic carbocycles. The lowest BCUT2D eigenvalue weighted by Gasteiger charge is -2.05. The van der Waals surface area contributed by atoms with E-state index in [1.54, 1.807) is 28.0 Å². The number of fused-ring (bicyclic) bond motifs is 1. The third-order valence-corrected chi connectivity index (χ3v) is 4.03. The highest BCUT2D eigenvalue weighted by atomic mass is 32.1. The molecule has 3 aromatic rings. The molecule has 0 aromatic carbocycles. The maximum Gasteiger partial charge on any atom is 0.258 e. The fourth-order valence-corrected chi connectivity index (χ4v) is 2.95. The number of aryl methyl sites for hydroxylation is 1. The summed E-state index contributed by atoms with van der Waals surface area (Å²) in [5.41, 5.74) is 1.41. The highest BCUT2D eigenvalue weighted by Gasteiger charge is 2.02. The van der Waals surface area contributed by atoms with Crippen LogP contribution in [0.2, 0.25) is 0 Å². The maximum absolute atomic E-state index is 11.9. The molecular formula is C15H15N3OS. The average molecular weight is 285 g/mol. The number of rotatable bonds is 4. The summed E-state index contributed by atoms with van der Waals surface area (Å²) in [5.74, 6) is 0. The van der Waals surface area contributed by atoms with E-state index >= 15 is 0 Å². The molecule has 0 fully saturated rings. The topological polar surface area (TPSA) is 46.4 Å². The summed E-state index contributed by atoms with van der Waals surface area (Å²) < 4.78 is 1.55. The van der Waals surface area contributed by atoms with E-state index in [1.165, 1.54) is 9.75 Å². The number of thiophene rings is 1. The van der Waals surface area contributed by atoms with E-state index in [-0.39, 0.29) is 5.56 Å². The van der Waals surface area contributed by atoms with Crippen LogP contribution >= 0.6 is 11.3 Å². The van der Waals surface area contributed by atoms with Gasteiger partial charge in [0, 0.05) is 35.1 Å². The lowest BCUT2D eigenvalue weighted by atomic mass is 10.3. The highest BCUT2D eigenvalue weighted by Crippen LogP contribution is 2.14. The molecule has 0 saturated heterocycles. The molecular weight excluding hydrogens is 270 g/mol. The van der Waals surface area contributed by atoms with Gasteiger partial charge in [-0.3, -0.25) is 9.20 Å². The predicted molar refractivity (Wildman–Crippen MR) is 81.1 cm³/mol. The van der Waals surface area contributed by atoms with Crippen molar-refractivity contribution in [3.8, 4) is 0 Å². The largest absolute Gasteiger partial charge is 0.306 e. The number of pyridine rings is 1. The monoisotopic (exact) mass is 285 g/mol. The number of nitrogens with one attached hydrogen (secondary N) is 1. The van der Waals surface area contributed by atoms with E-state index in [0.717, 1.165) is 12.2 Å². The van der Waals surface area contributed by atoms with Crippen molar-refractivity contribution >= 4 is 17.0 Å². The maximum atomic E-state index is 11.9. The number of hydrogen-bond acceptors (Lipinski definition) is 4. The van der Waals surface area contributed by atoms with Crippen LogP contribution in [0.3, 0.4) is 0 Å². The molecule has 0 aliphatic rings. The normalized spacial score (nSPS) is 11.1. The molecule has 0 bridgehead atoms. The Morgan fingerprint density at radius 1 is 1.25 bits per heavy atom. The Hall–Kier alpha value is -1.98. The SMILES string of the molecule is Cc1ccc(CNCc2cc(=O)n3ccccc3n2)s1. The summed E-state index contributed by atoms with van der Waals surface area (Å²) in [7, 11) is 0. The van der Waals surface area contributed by atoms with Gasteiger partial charge in [-0.25, -0.2) is 4.98 Å². The first kappa shape index (κ1) is 13.0. The lowest BCUT2D eigenvalue weighted by Crippen LogP contribution is -2.19. The molecule has 0 aliphatic heterocycles. The minimum Gasteiger partial charge on any atom is -0.306 e. The quantitative estimate of drug-likeness (QED) is 0.800. The van der Waals surface area contributed by atoms with Gasteiger partial charge in [0.2, 0.25) is 0 Å². The molecule has 3 rings (SSSR count). The molecule has 0 spiro atoms. The number of aromatic nitrogens is 2. The van der Waals surface area contributed by atoms with Crippen molar-refractivity contribution in [2.24, 2.45) is 0 Å². The highest BCUT2D eigenvalue weighted by molar-refractivity contribution is 7.11. The molecule has 0 atom stereocenters. The van der Waals surface area contributed by atoms with Gasteiger partial charge in [-0.15, -0.1) is 11.3 Å². The zero-order valence-electron chi connectivity index (χ0n) is 11.2. The summed E-state index contributed by atoms with van der Waals surface area (Å²) in [6, 6.07) is 11.4. The van der Waals surface area contributed by atoms with Crippen LogP contribution in [0.1, 0.15) is 15.4 Å². The van der Waals surface area contributed by atoms with E-state index < -0.39 is 0 Å². The van der Waals surface area contributed by atoms with Gasteiger partial charge in [0.15, 0.2) is 0 Å². The second kappa shape index (κ2) is 5.56. The summed E-state index contributed by atoms with van der Waals surface area (Å²) in [6.45, 7) is 3.49. The molecule has 102 valence electrons. The molecule has 0 radical (unpaired) electrons. The van der Waals surface area contributed by atoms with E-state index in [2.05, 4.69) is 29.4 Å². The number of nitrogens with zero attached hydrogens (tertiary/aromatic N) is 2. The van der Waals surface area contributed by atoms with E-state index in [9.17, 15) is 4.79 Å². The first-order valence-electron chi connectivity index (χ1n) is 6.46. The van der Waals surface area contributed by atoms with Crippen molar-refractivity contribution in [2.45, 2.75) is 20.0 Å². The van der Waals surface area contributed by atoms with Gasteiger partial charge in [-0.1, -0.05) is 6.07 Å². The minimum atomic E-state index is -0.0423. The van der Waals surface area contributed by atoms with E-state index in [4.69, 9.17) is 0 Å². The minimum absolute atomic E-state index is 0.0423. The van der Waals surface area contributed by atoms with Crippen molar-refractivity contribution in [3.05, 3.63) is 68.4 Å². The van der Waals surface area contributed by atoms with Crippen LogP contribution in [0, 0.1) is 6.92 Å². The van der Waals surface area contributed by atoms with Crippen molar-refractivity contribution in [3.63, 3.8) is 0 Å². The molecule has 0 unspecified atom stereocenters. The van der Waals surface area contributed by atoms with Crippen molar-refractivity contribution in [2.75, 3.05) is 0 Å². The van der Waals surface area contributed by atoms with E-state index in [0.29, 0.717) is 12.2 Å². The van der Waals surface area contributed by atoms with Gasteiger partial charge in [-0.2, -0.15) is 0 Å². The molecule has 1 N–H and O–H groups in total. The van der Waals surface area contributed by atoms with Gasteiger partial charge < -0.3 is 5.32 Å². The molecule has 20 heavy (non-hydrogen) atoms. The third-order valence-electron chi connectivity index (χ3n) is 3.03. The Bertz CT molecular complexity index is 791. The molecule has 4 nitrogen and oxygen atoms in total. The van der Waals surface area contributed by atoms with Gasteiger partial charge >= 0.3 is 0 Å². The molecule has 5 heteroatoms. The fraction of sp³-hybridized carbons (Fsp3) is 0.200. The van der Waals surface area contributed by atoms with Gasteiger partial charge in [0.25, 0.3) is 5.56 Å². The summed E-state index contributed by atoms with van der Waals surface area (Å²) >= 11 is 1.78. The molecule has 3 aromatic heterocycles. The Morgan fingerprint density at radius 3 is 2.95 bits per heavy atom. The first-order chi connectivity index (χ1) is 9.72. The average Bonchev–Trinajstić information content (AvgIpc) is 2.85. The fourth-order valence-electron chi connectivity index (χ4n) is 2.09. The zero-order chi connectivity index (χ0) is 13.9. The van der Waals surface area contributed by atoms with Crippen LogP contribution in [0.4, 0.5) is 0 Å². The van der Waals surface area contributed by atoms with Crippen molar-refractivity contribution in [1.82, 2.24) is 14.7 Å². The predicted octanol–water partition coefficient (Wildman–Crippen LogP) is 2.35. The standard InChI is InChI=1S/C15H15N3OS/c1-11-5-6-13(20-11)10-16-9-12-8-15(19)18-7-3-2-4-14(18)17-12/h2-8,16H,9-10H2,1H3. The van der Waals surface area contributed by atoms with Crippen LogP contribution in [0.15, 0.2) is 47.4 Å². The second-order valence-corrected chi connectivity index (χ2v) is 6.00. The second-order valence-electron chi connectivity index (χ2n) is 4.63. The Morgan fingerprint density at radius 2 is 2.15 bits per heavy atom. The summed E-state index contributed by atoms with van der Waals surface area (Å²) in [6.07, 6.45) is 1.73. The van der Waals surface area contributed by atoms with Crippen LogP contribution in [-0.4, -0.2) is 9.38 Å². The Kier molecular flexibility index (Phi) is 3.62. The lowest BCUT2D eigenvalue weighted by molar-refractivity contribution is 0.685. The number of hydrogen-bond donors (Lipinski definition) is 1. The van der Waals surface area contributed by atoms with Crippen LogP contribution < -0.4 is 10.9 Å². The van der Waals surface area contributed by atoms with Gasteiger partial charge in [0.1, 0.15) is 5.65 Å². The zero-order valence-corrected chi connectivity index (χ0v) is 12.0. The van der Waals surface area contributed by atoms with Crippen LogP contribution in [0.5, 0.6) is 0 Å². The van der Waals surface area contributed by atoms with Gasteiger partial charge in [-0.05, 0) is 31.2 Å². The molecule has 0 amide bonds. The molecule has 3 heterocycles. The first-order valence-corrected chi connectivity index (χ1v) is 7.27.